The van der Waals surface area contributed by atoms with Gasteiger partial charge in [-0.05, 0) is 0 Å². The van der Waals surface area contributed by atoms with E-state index >= 15 is 0 Å². The average Bonchev–Trinajstić information content (AvgIpc) is 1.87. The van der Waals surface area contributed by atoms with Crippen LogP contribution in [0.4, 0.5) is 0 Å². The van der Waals surface area contributed by atoms with E-state index in [1.165, 1.54) is 14.0 Å². The smallest absolute Gasteiger partial charge is 0.387 e. The highest BCUT2D eigenvalue weighted by molar-refractivity contribution is 5.88. The zero-order valence-electron chi connectivity index (χ0n) is 5.63. The predicted molar refractivity (Wildman–Crippen MR) is 31.6 cm³/mol. The SMILES string of the molecule is COC(=O)C#COC(C)=O. The zero-order valence-corrected chi connectivity index (χ0v) is 5.63. The van der Waals surface area contributed by atoms with Gasteiger partial charge in [0.2, 0.25) is 0 Å². The van der Waals surface area contributed by atoms with Gasteiger partial charge < -0.3 is 9.47 Å². The first-order valence-electron chi connectivity index (χ1n) is 2.43. The number of hydrogen-bond donors (Lipinski definition) is 0. The highest BCUT2D eigenvalue weighted by Gasteiger charge is 1.90. The summed E-state index contributed by atoms with van der Waals surface area (Å²) in [7, 11) is 1.19. The van der Waals surface area contributed by atoms with Crippen LogP contribution in [-0.4, -0.2) is 19.0 Å². The van der Waals surface area contributed by atoms with Crippen molar-refractivity contribution >= 4 is 11.9 Å². The van der Waals surface area contributed by atoms with E-state index < -0.39 is 11.9 Å². The van der Waals surface area contributed by atoms with Crippen molar-refractivity contribution in [1.82, 2.24) is 0 Å². The first-order chi connectivity index (χ1) is 4.66. The molecule has 4 nitrogen and oxygen atoms in total. The molecule has 0 fully saturated rings. The van der Waals surface area contributed by atoms with Crippen LogP contribution in [0.25, 0.3) is 0 Å². The second kappa shape index (κ2) is 4.39. The van der Waals surface area contributed by atoms with E-state index in [2.05, 4.69) is 9.47 Å². The summed E-state index contributed by atoms with van der Waals surface area (Å²) in [6, 6.07) is 0. The molecular weight excluding hydrogens is 136 g/mol. The highest BCUT2D eigenvalue weighted by atomic mass is 16.5. The van der Waals surface area contributed by atoms with Gasteiger partial charge in [-0.25, -0.2) is 4.79 Å². The molecule has 0 spiro atoms. The summed E-state index contributed by atoms with van der Waals surface area (Å²) >= 11 is 0. The third-order valence-electron chi connectivity index (χ3n) is 0.533. The summed E-state index contributed by atoms with van der Waals surface area (Å²) in [5.41, 5.74) is 0. The monoisotopic (exact) mass is 142 g/mol. The number of hydrogen-bond acceptors (Lipinski definition) is 4. The number of ether oxygens (including phenoxy) is 2. The molecule has 0 amide bonds. The second-order valence-corrected chi connectivity index (χ2v) is 1.31. The summed E-state index contributed by atoms with van der Waals surface area (Å²) < 4.78 is 8.24. The Bertz CT molecular complexity index is 196. The van der Waals surface area contributed by atoms with Crippen molar-refractivity contribution in [1.29, 1.82) is 0 Å². The standard InChI is InChI=1S/C6H6O4/c1-5(7)10-4-3-6(8)9-2/h1-2H3. The third-order valence-corrected chi connectivity index (χ3v) is 0.533. The van der Waals surface area contributed by atoms with Crippen LogP contribution in [0.5, 0.6) is 0 Å². The fourth-order valence-electron chi connectivity index (χ4n) is 0.190. The first-order valence-corrected chi connectivity index (χ1v) is 2.43. The lowest BCUT2D eigenvalue weighted by Crippen LogP contribution is -1.96. The van der Waals surface area contributed by atoms with Gasteiger partial charge >= 0.3 is 11.9 Å². The van der Waals surface area contributed by atoms with E-state index in [9.17, 15) is 9.59 Å². The lowest BCUT2D eigenvalue weighted by atomic mass is 10.7. The Hall–Kier alpha value is -1.50. The summed E-state index contributed by atoms with van der Waals surface area (Å²) in [6.07, 6.45) is 1.86. The van der Waals surface area contributed by atoms with Gasteiger partial charge in [-0.3, -0.25) is 4.79 Å². The van der Waals surface area contributed by atoms with E-state index in [4.69, 9.17) is 0 Å². The minimum absolute atomic E-state index is 0.559. The Balaban J connectivity index is 3.70. The topological polar surface area (TPSA) is 52.6 Å². The molecule has 0 saturated heterocycles. The lowest BCUT2D eigenvalue weighted by molar-refractivity contribution is -0.134. The molecule has 0 aliphatic rings. The Morgan fingerprint density at radius 3 is 2.40 bits per heavy atom. The Morgan fingerprint density at radius 1 is 1.40 bits per heavy atom. The molecule has 0 aromatic carbocycles. The van der Waals surface area contributed by atoms with Gasteiger partial charge in [-0.2, -0.15) is 0 Å². The fraction of sp³-hybridized carbons (Fsp3) is 0.333. The van der Waals surface area contributed by atoms with Crippen LogP contribution in [0.15, 0.2) is 0 Å². The van der Waals surface area contributed by atoms with E-state index in [0.717, 1.165) is 0 Å². The van der Waals surface area contributed by atoms with Crippen LogP contribution in [0.2, 0.25) is 0 Å². The molecule has 4 heteroatoms. The van der Waals surface area contributed by atoms with Gasteiger partial charge in [-0.1, -0.05) is 0 Å². The van der Waals surface area contributed by atoms with Gasteiger partial charge in [0, 0.05) is 6.92 Å². The maximum absolute atomic E-state index is 10.2. The molecule has 0 bridgehead atoms. The second-order valence-electron chi connectivity index (χ2n) is 1.31. The predicted octanol–water partition coefficient (Wildman–Crippen LogP) is -0.317. The highest BCUT2D eigenvalue weighted by Crippen LogP contribution is 1.72. The van der Waals surface area contributed by atoms with Crippen LogP contribution >= 0.6 is 0 Å². The Kier molecular flexibility index (Phi) is 3.73. The van der Waals surface area contributed by atoms with E-state index in [1.807, 2.05) is 12.0 Å². The summed E-state index contributed by atoms with van der Waals surface area (Å²) in [4.78, 5) is 20.2. The van der Waals surface area contributed by atoms with Crippen LogP contribution in [0, 0.1) is 12.0 Å². The molecule has 0 aromatic rings. The Labute approximate surface area is 58.1 Å². The van der Waals surface area contributed by atoms with Crippen molar-refractivity contribution in [2.75, 3.05) is 7.11 Å². The molecule has 0 aliphatic carbocycles. The quantitative estimate of drug-likeness (QED) is 0.343. The minimum Gasteiger partial charge on any atom is -0.459 e. The molecule has 0 aromatic heterocycles. The zero-order chi connectivity index (χ0) is 7.98. The van der Waals surface area contributed by atoms with Gasteiger partial charge in [0.15, 0.2) is 0 Å². The van der Waals surface area contributed by atoms with Gasteiger partial charge in [0.05, 0.1) is 13.0 Å². The number of rotatable bonds is 0. The molecule has 0 radical (unpaired) electrons. The molecular formula is C6H6O4. The molecule has 10 heavy (non-hydrogen) atoms. The first kappa shape index (κ1) is 8.50. The Morgan fingerprint density at radius 2 is 2.00 bits per heavy atom. The van der Waals surface area contributed by atoms with Crippen molar-refractivity contribution in [2.24, 2.45) is 0 Å². The maximum Gasteiger partial charge on any atom is 0.387 e. The normalized spacial score (nSPS) is 7.00. The van der Waals surface area contributed by atoms with Gasteiger partial charge in [-0.15, -0.1) is 0 Å². The number of carbonyl (C=O) groups excluding carboxylic acids is 2. The molecule has 0 heterocycles. The molecule has 54 valence electrons. The largest absolute Gasteiger partial charge is 0.459 e. The maximum atomic E-state index is 10.2. The number of carbonyl (C=O) groups is 2. The van der Waals surface area contributed by atoms with Crippen LogP contribution in [0.1, 0.15) is 6.92 Å². The van der Waals surface area contributed by atoms with Crippen molar-refractivity contribution in [3.05, 3.63) is 0 Å². The summed E-state index contributed by atoms with van der Waals surface area (Å²) in [6.45, 7) is 1.19. The number of methoxy groups -OCH3 is 1. The van der Waals surface area contributed by atoms with Crippen LogP contribution in [0.3, 0.4) is 0 Å². The third kappa shape index (κ3) is 4.65. The van der Waals surface area contributed by atoms with E-state index in [0.29, 0.717) is 0 Å². The van der Waals surface area contributed by atoms with Crippen LogP contribution in [-0.2, 0) is 19.1 Å². The van der Waals surface area contributed by atoms with Crippen LogP contribution < -0.4 is 0 Å². The molecule has 0 saturated carbocycles. The van der Waals surface area contributed by atoms with Crippen molar-refractivity contribution < 1.29 is 19.1 Å². The fourth-order valence-corrected chi connectivity index (χ4v) is 0.190. The van der Waals surface area contributed by atoms with Crippen molar-refractivity contribution in [3.8, 4) is 12.0 Å². The average molecular weight is 142 g/mol. The van der Waals surface area contributed by atoms with Crippen molar-refractivity contribution in [3.63, 3.8) is 0 Å². The van der Waals surface area contributed by atoms with E-state index in [-0.39, 0.29) is 0 Å². The lowest BCUT2D eigenvalue weighted by Gasteiger charge is -1.84. The molecule has 0 unspecified atom stereocenters. The van der Waals surface area contributed by atoms with Crippen molar-refractivity contribution in [2.45, 2.75) is 6.92 Å². The summed E-state index contributed by atoms with van der Waals surface area (Å²) in [5, 5.41) is 0. The van der Waals surface area contributed by atoms with Gasteiger partial charge in [0.1, 0.15) is 6.11 Å². The molecule has 0 rings (SSSR count). The molecule has 0 atom stereocenters. The molecule has 0 aliphatic heterocycles. The number of esters is 2. The molecule has 0 N–H and O–H groups in total. The van der Waals surface area contributed by atoms with Gasteiger partial charge in [0.25, 0.3) is 0 Å². The summed E-state index contributed by atoms with van der Waals surface area (Å²) in [5.74, 6) is 0.616. The minimum atomic E-state index is -0.735. The van der Waals surface area contributed by atoms with E-state index in [1.54, 1.807) is 0 Å².